The zero-order valence-corrected chi connectivity index (χ0v) is 17.3. The summed E-state index contributed by atoms with van der Waals surface area (Å²) in [5.41, 5.74) is 0.693. The molecular formula is C20H21ClN2O4S. The molecule has 0 saturated carbocycles. The molecule has 0 aliphatic carbocycles. The van der Waals surface area contributed by atoms with E-state index in [-0.39, 0.29) is 12.5 Å². The number of halogens is 1. The number of hydrogen-bond acceptors (Lipinski definition) is 6. The topological polar surface area (TPSA) is 60.4 Å². The Morgan fingerprint density at radius 3 is 2.61 bits per heavy atom. The van der Waals surface area contributed by atoms with E-state index in [1.165, 1.54) is 0 Å². The minimum Gasteiger partial charge on any atom is -0.493 e. The van der Waals surface area contributed by atoms with Crippen LogP contribution >= 0.6 is 23.4 Å². The van der Waals surface area contributed by atoms with E-state index in [0.29, 0.717) is 39.7 Å². The van der Waals surface area contributed by atoms with Gasteiger partial charge in [0.1, 0.15) is 5.75 Å². The van der Waals surface area contributed by atoms with Gasteiger partial charge >= 0.3 is 0 Å². The van der Waals surface area contributed by atoms with Gasteiger partial charge < -0.3 is 14.2 Å². The Balaban J connectivity index is 1.73. The minimum absolute atomic E-state index is 0.0624. The lowest BCUT2D eigenvalue weighted by atomic mass is 10.3. The molecule has 6 nitrogen and oxygen atoms in total. The Morgan fingerprint density at radius 1 is 1.14 bits per heavy atom. The second-order valence-corrected chi connectivity index (χ2v) is 7.42. The van der Waals surface area contributed by atoms with E-state index in [0.717, 1.165) is 12.2 Å². The molecule has 0 unspecified atom stereocenters. The van der Waals surface area contributed by atoms with E-state index >= 15 is 0 Å². The summed E-state index contributed by atoms with van der Waals surface area (Å²) in [5, 5.41) is 1.28. The van der Waals surface area contributed by atoms with E-state index in [1.807, 2.05) is 6.07 Å². The molecule has 148 valence electrons. The quantitative estimate of drug-likeness (QED) is 0.693. The van der Waals surface area contributed by atoms with Gasteiger partial charge in [0.25, 0.3) is 5.91 Å². The van der Waals surface area contributed by atoms with Gasteiger partial charge in [-0.05, 0) is 42.8 Å². The number of amidine groups is 1. The maximum atomic E-state index is 12.7. The van der Waals surface area contributed by atoms with Crippen LogP contribution in [0.5, 0.6) is 17.2 Å². The highest BCUT2D eigenvalue weighted by Crippen LogP contribution is 2.32. The Bertz CT molecular complexity index is 858. The first-order chi connectivity index (χ1) is 13.6. The van der Waals surface area contributed by atoms with E-state index < -0.39 is 0 Å². The molecule has 2 aromatic rings. The second-order valence-electron chi connectivity index (χ2n) is 5.92. The summed E-state index contributed by atoms with van der Waals surface area (Å²) in [6, 6.07) is 12.3. The SMILES string of the molecule is COc1ccc(N=C2SCCCN2C(=O)COc2ccc(Cl)cc2)cc1OC. The number of methoxy groups -OCH3 is 2. The summed E-state index contributed by atoms with van der Waals surface area (Å²) in [5.74, 6) is 2.59. The third-order valence-corrected chi connectivity index (χ3v) is 5.37. The van der Waals surface area contributed by atoms with Crippen LogP contribution in [0, 0.1) is 0 Å². The van der Waals surface area contributed by atoms with Crippen molar-refractivity contribution in [3.05, 3.63) is 47.5 Å². The first-order valence-electron chi connectivity index (χ1n) is 8.73. The summed E-state index contributed by atoms with van der Waals surface area (Å²) in [6.45, 7) is 0.551. The summed E-state index contributed by atoms with van der Waals surface area (Å²) >= 11 is 7.42. The van der Waals surface area contributed by atoms with Crippen LogP contribution in [-0.2, 0) is 4.79 Å². The molecule has 0 N–H and O–H groups in total. The van der Waals surface area contributed by atoms with Crippen molar-refractivity contribution in [2.45, 2.75) is 6.42 Å². The van der Waals surface area contributed by atoms with Crippen LogP contribution in [0.2, 0.25) is 5.02 Å². The van der Waals surface area contributed by atoms with E-state index in [1.54, 1.807) is 67.3 Å². The van der Waals surface area contributed by atoms with Crippen LogP contribution in [-0.4, -0.2) is 49.1 Å². The van der Waals surface area contributed by atoms with Crippen molar-refractivity contribution >= 4 is 40.1 Å². The Morgan fingerprint density at radius 2 is 1.89 bits per heavy atom. The lowest BCUT2D eigenvalue weighted by Gasteiger charge is -2.27. The molecule has 2 aromatic carbocycles. The van der Waals surface area contributed by atoms with Crippen molar-refractivity contribution in [1.29, 1.82) is 0 Å². The van der Waals surface area contributed by atoms with Crippen LogP contribution < -0.4 is 14.2 Å². The van der Waals surface area contributed by atoms with Crippen molar-refractivity contribution < 1.29 is 19.0 Å². The molecule has 3 rings (SSSR count). The molecule has 1 amide bonds. The molecule has 0 atom stereocenters. The van der Waals surface area contributed by atoms with Gasteiger partial charge in [-0.15, -0.1) is 0 Å². The van der Waals surface area contributed by atoms with E-state index in [2.05, 4.69) is 4.99 Å². The summed E-state index contributed by atoms with van der Waals surface area (Å²) in [7, 11) is 3.16. The number of amides is 1. The van der Waals surface area contributed by atoms with Crippen molar-refractivity contribution in [2.24, 2.45) is 4.99 Å². The average Bonchev–Trinajstić information content (AvgIpc) is 2.73. The Hall–Kier alpha value is -2.38. The van der Waals surface area contributed by atoms with E-state index in [4.69, 9.17) is 25.8 Å². The molecular weight excluding hydrogens is 400 g/mol. The predicted octanol–water partition coefficient (Wildman–Crippen LogP) is 4.39. The first kappa shape index (κ1) is 20.4. The number of benzene rings is 2. The van der Waals surface area contributed by atoms with Crippen LogP contribution in [0.15, 0.2) is 47.5 Å². The van der Waals surface area contributed by atoms with E-state index in [9.17, 15) is 4.79 Å². The number of ether oxygens (including phenoxy) is 3. The maximum Gasteiger partial charge on any atom is 0.266 e. The molecule has 1 aliphatic rings. The Kier molecular flexibility index (Phi) is 7.06. The molecule has 0 bridgehead atoms. The number of nitrogens with zero attached hydrogens (tertiary/aromatic N) is 2. The summed E-state index contributed by atoms with van der Waals surface area (Å²) in [4.78, 5) is 19.0. The number of rotatable bonds is 6. The maximum absolute atomic E-state index is 12.7. The number of aliphatic imine (C=N–C) groups is 1. The zero-order chi connectivity index (χ0) is 19.9. The van der Waals surface area contributed by atoms with Gasteiger partial charge in [-0.1, -0.05) is 23.4 Å². The summed E-state index contributed by atoms with van der Waals surface area (Å²) in [6.07, 6.45) is 0.905. The van der Waals surface area contributed by atoms with Gasteiger partial charge in [-0.2, -0.15) is 0 Å². The normalized spacial score (nSPS) is 15.4. The third-order valence-electron chi connectivity index (χ3n) is 4.06. The van der Waals surface area contributed by atoms with Gasteiger partial charge in [0, 0.05) is 23.4 Å². The van der Waals surface area contributed by atoms with Gasteiger partial charge in [0.05, 0.1) is 19.9 Å². The lowest BCUT2D eigenvalue weighted by molar-refractivity contribution is -0.129. The average molecular weight is 421 g/mol. The first-order valence-corrected chi connectivity index (χ1v) is 10.1. The highest BCUT2D eigenvalue weighted by Gasteiger charge is 2.24. The van der Waals surface area contributed by atoms with Crippen LogP contribution in [0.3, 0.4) is 0 Å². The van der Waals surface area contributed by atoms with Gasteiger partial charge in [-0.25, -0.2) is 4.99 Å². The fourth-order valence-electron chi connectivity index (χ4n) is 2.64. The number of hydrogen-bond donors (Lipinski definition) is 0. The van der Waals surface area contributed by atoms with Crippen molar-refractivity contribution in [2.75, 3.05) is 33.1 Å². The van der Waals surface area contributed by atoms with Crippen LogP contribution in [0.1, 0.15) is 6.42 Å². The van der Waals surface area contributed by atoms with Crippen molar-refractivity contribution in [1.82, 2.24) is 4.90 Å². The monoisotopic (exact) mass is 420 g/mol. The molecule has 8 heteroatoms. The number of carbonyl (C=O) groups excluding carboxylic acids is 1. The highest BCUT2D eigenvalue weighted by molar-refractivity contribution is 8.13. The molecule has 0 aromatic heterocycles. The molecule has 1 fully saturated rings. The molecule has 0 radical (unpaired) electrons. The van der Waals surface area contributed by atoms with Gasteiger partial charge in [0.2, 0.25) is 0 Å². The lowest BCUT2D eigenvalue weighted by Crippen LogP contribution is -2.41. The molecule has 28 heavy (non-hydrogen) atoms. The van der Waals surface area contributed by atoms with Crippen LogP contribution in [0.4, 0.5) is 5.69 Å². The molecule has 1 saturated heterocycles. The summed E-state index contributed by atoms with van der Waals surface area (Å²) < 4.78 is 16.2. The molecule has 1 heterocycles. The van der Waals surface area contributed by atoms with Crippen molar-refractivity contribution in [3.8, 4) is 17.2 Å². The smallest absolute Gasteiger partial charge is 0.266 e. The predicted molar refractivity (Wildman–Crippen MR) is 112 cm³/mol. The van der Waals surface area contributed by atoms with Crippen LogP contribution in [0.25, 0.3) is 0 Å². The fourth-order valence-corrected chi connectivity index (χ4v) is 3.74. The standard InChI is InChI=1S/C20H21ClN2O4S/c1-25-17-9-6-15(12-18(17)26-2)22-20-23(10-3-11-28-20)19(24)13-27-16-7-4-14(21)5-8-16/h4-9,12H,3,10-11,13H2,1-2H3. The molecule has 1 aliphatic heterocycles. The van der Waals surface area contributed by atoms with Gasteiger partial charge in [0.15, 0.2) is 23.3 Å². The number of thioether (sulfide) groups is 1. The Labute approximate surface area is 173 Å². The fraction of sp³-hybridized carbons (Fsp3) is 0.300. The third kappa shape index (κ3) is 5.11. The zero-order valence-electron chi connectivity index (χ0n) is 15.7. The minimum atomic E-state index is -0.138. The van der Waals surface area contributed by atoms with Crippen molar-refractivity contribution in [3.63, 3.8) is 0 Å². The highest BCUT2D eigenvalue weighted by atomic mass is 35.5. The second kappa shape index (κ2) is 9.71. The van der Waals surface area contributed by atoms with Gasteiger partial charge in [-0.3, -0.25) is 9.69 Å². The largest absolute Gasteiger partial charge is 0.493 e. The molecule has 0 spiro atoms. The number of carbonyl (C=O) groups is 1.